The molecule has 54 heavy (non-hydrogen) atoms. The minimum atomic E-state index is -4.34. The van der Waals surface area contributed by atoms with E-state index in [-0.39, 0.29) is 19.1 Å². The predicted octanol–water partition coefficient (Wildman–Crippen LogP) is 12.3. The van der Waals surface area contributed by atoms with Crippen LogP contribution >= 0.6 is 7.82 Å². The third-order valence-electron chi connectivity index (χ3n) is 9.84. The minimum Gasteiger partial charge on any atom is -0.387 e. The molecule has 3 unspecified atom stereocenters. The molecule has 8 nitrogen and oxygen atoms in total. The second-order valence-electron chi connectivity index (χ2n) is 16.4. The standard InChI is InChI=1S/C45H87N2O6P/c1-6-8-10-12-14-16-18-20-21-22-23-24-25-26-27-28-30-32-34-36-38-44(48)43(42-53-54(50,51)52-41-40-47(3,4)5)46-45(49)39-37-35-33-31-29-19-17-15-13-11-9-7-2/h24-25,28,30,36,38,43-44,48H,6-23,26-27,29,31-35,37,39-42H2,1-5H3,(H-,46,49,50,51)/p+1/b25-24+,30-28+,38-36+. The van der Waals surface area contributed by atoms with Crippen LogP contribution in [0.15, 0.2) is 36.5 Å². The summed E-state index contributed by atoms with van der Waals surface area (Å²) in [5.74, 6) is -0.192. The Labute approximate surface area is 334 Å². The zero-order valence-corrected chi connectivity index (χ0v) is 36.9. The molecule has 0 spiro atoms. The Morgan fingerprint density at radius 1 is 0.611 bits per heavy atom. The molecule has 3 atom stereocenters. The van der Waals surface area contributed by atoms with E-state index in [1.54, 1.807) is 6.08 Å². The highest BCUT2D eigenvalue weighted by Crippen LogP contribution is 2.43. The molecule has 318 valence electrons. The quantitative estimate of drug-likeness (QED) is 0.0247. The van der Waals surface area contributed by atoms with E-state index >= 15 is 0 Å². The Bertz CT molecular complexity index is 980. The number of hydrogen-bond acceptors (Lipinski definition) is 5. The van der Waals surface area contributed by atoms with E-state index in [9.17, 15) is 19.4 Å². The normalized spacial score (nSPS) is 14.7. The van der Waals surface area contributed by atoms with Crippen LogP contribution in [-0.4, -0.2) is 73.4 Å². The van der Waals surface area contributed by atoms with Crippen molar-refractivity contribution in [3.63, 3.8) is 0 Å². The molecule has 0 aliphatic rings. The van der Waals surface area contributed by atoms with Crippen molar-refractivity contribution in [1.82, 2.24) is 5.32 Å². The molecule has 0 aliphatic heterocycles. The molecule has 0 rings (SSSR count). The molecule has 0 bridgehead atoms. The van der Waals surface area contributed by atoms with Gasteiger partial charge in [-0.05, 0) is 44.9 Å². The Kier molecular flexibility index (Phi) is 36.4. The van der Waals surface area contributed by atoms with E-state index in [4.69, 9.17) is 9.05 Å². The van der Waals surface area contributed by atoms with Crippen molar-refractivity contribution in [1.29, 1.82) is 0 Å². The second-order valence-corrected chi connectivity index (χ2v) is 17.9. The number of likely N-dealkylation sites (N-methyl/N-ethyl adjacent to an activating group) is 1. The number of aliphatic hydroxyl groups is 1. The van der Waals surface area contributed by atoms with Gasteiger partial charge in [0, 0.05) is 6.42 Å². The molecule has 0 aromatic rings. The van der Waals surface area contributed by atoms with Crippen LogP contribution in [0.5, 0.6) is 0 Å². The van der Waals surface area contributed by atoms with Gasteiger partial charge in [-0.1, -0.05) is 179 Å². The van der Waals surface area contributed by atoms with Gasteiger partial charge in [-0.2, -0.15) is 0 Å². The number of nitrogens with one attached hydrogen (secondary N) is 1. The number of aliphatic hydroxyl groups excluding tert-OH is 1. The van der Waals surface area contributed by atoms with Gasteiger partial charge in [-0.25, -0.2) is 4.57 Å². The van der Waals surface area contributed by atoms with E-state index in [2.05, 4.69) is 43.5 Å². The number of amides is 1. The summed E-state index contributed by atoms with van der Waals surface area (Å²) in [7, 11) is 1.55. The number of phosphoric ester groups is 1. The van der Waals surface area contributed by atoms with Crippen molar-refractivity contribution >= 4 is 13.7 Å². The molecule has 3 N–H and O–H groups in total. The summed E-state index contributed by atoms with van der Waals surface area (Å²) in [5, 5.41) is 13.8. The van der Waals surface area contributed by atoms with Crippen LogP contribution in [0.4, 0.5) is 0 Å². The van der Waals surface area contributed by atoms with Crippen molar-refractivity contribution in [2.45, 2.75) is 206 Å². The zero-order chi connectivity index (χ0) is 40.0. The summed E-state index contributed by atoms with van der Waals surface area (Å²) in [6.07, 6.45) is 45.0. The summed E-state index contributed by atoms with van der Waals surface area (Å²) in [6, 6.07) is -0.865. The number of nitrogens with zero attached hydrogens (tertiary/aromatic N) is 1. The first kappa shape index (κ1) is 52.7. The fourth-order valence-corrected chi connectivity index (χ4v) is 6.98. The molecular weight excluding hydrogens is 695 g/mol. The fourth-order valence-electron chi connectivity index (χ4n) is 6.25. The Balaban J connectivity index is 4.48. The van der Waals surface area contributed by atoms with Crippen LogP contribution < -0.4 is 5.32 Å². The molecule has 0 aromatic heterocycles. The summed E-state index contributed by atoms with van der Waals surface area (Å²) < 4.78 is 23.5. The third kappa shape index (κ3) is 39.0. The van der Waals surface area contributed by atoms with E-state index in [1.807, 2.05) is 27.2 Å². The van der Waals surface area contributed by atoms with Crippen molar-refractivity contribution in [2.75, 3.05) is 40.9 Å². The van der Waals surface area contributed by atoms with Gasteiger partial charge in [0.25, 0.3) is 0 Å². The first-order chi connectivity index (χ1) is 26.0. The first-order valence-corrected chi connectivity index (χ1v) is 23.9. The van der Waals surface area contributed by atoms with Gasteiger partial charge in [-0.15, -0.1) is 0 Å². The van der Waals surface area contributed by atoms with Crippen LogP contribution in [-0.2, 0) is 18.4 Å². The zero-order valence-electron chi connectivity index (χ0n) is 36.0. The van der Waals surface area contributed by atoms with E-state index in [0.717, 1.165) is 44.9 Å². The largest absolute Gasteiger partial charge is 0.472 e. The monoisotopic (exact) mass is 784 g/mol. The van der Waals surface area contributed by atoms with Gasteiger partial charge in [0.05, 0.1) is 39.9 Å². The van der Waals surface area contributed by atoms with E-state index < -0.39 is 20.0 Å². The molecule has 9 heteroatoms. The Morgan fingerprint density at radius 2 is 1.02 bits per heavy atom. The molecule has 0 aliphatic carbocycles. The minimum absolute atomic E-state index is 0.0545. The molecule has 1 amide bonds. The van der Waals surface area contributed by atoms with Gasteiger partial charge >= 0.3 is 7.82 Å². The number of unbranched alkanes of at least 4 members (excludes halogenated alkanes) is 23. The maximum absolute atomic E-state index is 12.8. The van der Waals surface area contributed by atoms with Gasteiger partial charge in [0.15, 0.2) is 0 Å². The number of allylic oxidation sites excluding steroid dienone is 5. The van der Waals surface area contributed by atoms with Gasteiger partial charge in [0.1, 0.15) is 13.2 Å². The highest BCUT2D eigenvalue weighted by Gasteiger charge is 2.27. The maximum Gasteiger partial charge on any atom is 0.472 e. The number of hydrogen-bond donors (Lipinski definition) is 3. The number of rotatable bonds is 40. The first-order valence-electron chi connectivity index (χ1n) is 22.4. The maximum atomic E-state index is 12.8. The summed E-state index contributed by atoms with van der Waals surface area (Å²) >= 11 is 0. The molecule has 0 radical (unpaired) electrons. The lowest BCUT2D eigenvalue weighted by Gasteiger charge is -2.25. The van der Waals surface area contributed by atoms with Crippen molar-refractivity contribution in [3.05, 3.63) is 36.5 Å². The Hall–Kier alpha value is -1.28. The summed E-state index contributed by atoms with van der Waals surface area (Å²) in [6.45, 7) is 4.77. The molecular formula is C45H88N2O6P+. The average Bonchev–Trinajstić information content (AvgIpc) is 3.12. The lowest BCUT2D eigenvalue weighted by molar-refractivity contribution is -0.870. The van der Waals surface area contributed by atoms with E-state index in [1.165, 1.54) is 128 Å². The van der Waals surface area contributed by atoms with Crippen molar-refractivity contribution in [2.24, 2.45) is 0 Å². The topological polar surface area (TPSA) is 105 Å². The highest BCUT2D eigenvalue weighted by molar-refractivity contribution is 7.47. The second kappa shape index (κ2) is 37.3. The van der Waals surface area contributed by atoms with Crippen LogP contribution in [0.3, 0.4) is 0 Å². The highest BCUT2D eigenvalue weighted by atomic mass is 31.2. The SMILES string of the molecule is CCCCCCCCCCCC/C=C/CC/C=C/CC/C=C/C(O)C(COP(=O)(O)OCC[N+](C)(C)C)NC(=O)CCCCCCCCCCCCCC. The average molecular weight is 784 g/mol. The lowest BCUT2D eigenvalue weighted by atomic mass is 10.0. The van der Waals surface area contributed by atoms with Crippen LogP contribution in [0.25, 0.3) is 0 Å². The predicted molar refractivity (Wildman–Crippen MR) is 231 cm³/mol. The molecule has 0 saturated heterocycles. The molecule has 0 saturated carbocycles. The Morgan fingerprint density at radius 3 is 1.48 bits per heavy atom. The van der Waals surface area contributed by atoms with Crippen LogP contribution in [0.1, 0.15) is 194 Å². The molecule has 0 heterocycles. The number of carbonyl (C=O) groups excluding carboxylic acids is 1. The van der Waals surface area contributed by atoms with Gasteiger partial charge in [0.2, 0.25) is 5.91 Å². The fraction of sp³-hybridized carbons (Fsp3) is 0.844. The smallest absolute Gasteiger partial charge is 0.387 e. The lowest BCUT2D eigenvalue weighted by Crippen LogP contribution is -2.45. The van der Waals surface area contributed by atoms with Crippen LogP contribution in [0, 0.1) is 0 Å². The number of quaternary nitrogens is 1. The van der Waals surface area contributed by atoms with Crippen LogP contribution in [0.2, 0.25) is 0 Å². The third-order valence-corrected chi connectivity index (χ3v) is 10.8. The van der Waals surface area contributed by atoms with Gasteiger partial charge in [-0.3, -0.25) is 13.8 Å². The molecule has 0 fully saturated rings. The summed E-state index contributed by atoms with van der Waals surface area (Å²) in [5.41, 5.74) is 0. The van der Waals surface area contributed by atoms with Crippen molar-refractivity contribution in [3.8, 4) is 0 Å². The molecule has 0 aromatic carbocycles. The number of phosphoric acid groups is 1. The summed E-state index contributed by atoms with van der Waals surface area (Å²) in [4.78, 5) is 23.1. The van der Waals surface area contributed by atoms with Crippen molar-refractivity contribution < 1.29 is 32.9 Å². The van der Waals surface area contributed by atoms with E-state index in [0.29, 0.717) is 17.4 Å². The van der Waals surface area contributed by atoms with Gasteiger partial charge < -0.3 is 19.8 Å². The number of carbonyl (C=O) groups is 1.